The maximum absolute atomic E-state index is 12.2. The van der Waals surface area contributed by atoms with Crippen LogP contribution in [0.4, 0.5) is 5.69 Å². The molecule has 0 saturated carbocycles. The van der Waals surface area contributed by atoms with Crippen molar-refractivity contribution in [2.24, 2.45) is 0 Å². The van der Waals surface area contributed by atoms with Gasteiger partial charge in [0.2, 0.25) is 15.9 Å². The molecule has 0 bridgehead atoms. The van der Waals surface area contributed by atoms with Gasteiger partial charge in [0.05, 0.1) is 11.9 Å². The molecule has 152 valence electrons. The van der Waals surface area contributed by atoms with Crippen LogP contribution >= 0.6 is 23.4 Å². The molecule has 2 aromatic carbocycles. The predicted octanol–water partition coefficient (Wildman–Crippen LogP) is 3.85. The van der Waals surface area contributed by atoms with Crippen LogP contribution in [0.15, 0.2) is 48.5 Å². The molecule has 1 N–H and O–H groups in total. The Kier molecular flexibility index (Phi) is 8.66. The summed E-state index contributed by atoms with van der Waals surface area (Å²) in [7, 11) is -3.55. The molecule has 0 aliphatic heterocycles. The highest BCUT2D eigenvalue weighted by Crippen LogP contribution is 2.21. The van der Waals surface area contributed by atoms with E-state index in [1.54, 1.807) is 30.0 Å². The van der Waals surface area contributed by atoms with Gasteiger partial charge in [-0.2, -0.15) is 11.8 Å². The SMILES string of the molecule is Cc1cccc(N(CC(=O)NCCCSCc2ccccc2Cl)S(C)(=O)=O)c1. The zero-order valence-corrected chi connectivity index (χ0v) is 18.4. The molecule has 8 heteroatoms. The van der Waals surface area contributed by atoms with E-state index in [2.05, 4.69) is 5.32 Å². The maximum Gasteiger partial charge on any atom is 0.240 e. The van der Waals surface area contributed by atoms with Crippen molar-refractivity contribution in [2.45, 2.75) is 19.1 Å². The second-order valence-electron chi connectivity index (χ2n) is 6.46. The topological polar surface area (TPSA) is 66.5 Å². The lowest BCUT2D eigenvalue weighted by atomic mass is 10.2. The van der Waals surface area contributed by atoms with Crippen molar-refractivity contribution < 1.29 is 13.2 Å². The Balaban J connectivity index is 1.76. The predicted molar refractivity (Wildman–Crippen MR) is 119 cm³/mol. The lowest BCUT2D eigenvalue weighted by Crippen LogP contribution is -2.40. The molecular formula is C20H25ClN2O3S2. The Labute approximate surface area is 176 Å². The first kappa shape index (κ1) is 22.6. The maximum atomic E-state index is 12.2. The van der Waals surface area contributed by atoms with E-state index in [0.717, 1.165) is 44.6 Å². The average molecular weight is 441 g/mol. The van der Waals surface area contributed by atoms with Crippen LogP contribution < -0.4 is 9.62 Å². The van der Waals surface area contributed by atoms with E-state index in [0.29, 0.717) is 12.2 Å². The molecule has 0 aromatic heterocycles. The van der Waals surface area contributed by atoms with Crippen LogP contribution in [0.1, 0.15) is 17.5 Å². The quantitative estimate of drug-likeness (QED) is 0.570. The van der Waals surface area contributed by atoms with Crippen LogP contribution in [0, 0.1) is 6.92 Å². The summed E-state index contributed by atoms with van der Waals surface area (Å²) in [6, 6.07) is 14.8. The third kappa shape index (κ3) is 7.37. The van der Waals surface area contributed by atoms with Crippen molar-refractivity contribution >= 4 is 45.0 Å². The number of carbonyl (C=O) groups excluding carboxylic acids is 1. The number of amides is 1. The summed E-state index contributed by atoms with van der Waals surface area (Å²) < 4.78 is 25.3. The highest BCUT2D eigenvalue weighted by molar-refractivity contribution is 7.98. The minimum absolute atomic E-state index is 0.227. The summed E-state index contributed by atoms with van der Waals surface area (Å²) in [5.74, 6) is 1.38. The first-order chi connectivity index (χ1) is 13.3. The van der Waals surface area contributed by atoms with E-state index in [4.69, 9.17) is 11.6 Å². The first-order valence-corrected chi connectivity index (χ1v) is 12.3. The molecule has 2 rings (SSSR count). The van der Waals surface area contributed by atoms with Crippen molar-refractivity contribution in [3.63, 3.8) is 0 Å². The van der Waals surface area contributed by atoms with E-state index < -0.39 is 10.0 Å². The third-order valence-corrected chi connectivity index (χ3v) is 6.58. The van der Waals surface area contributed by atoms with Gasteiger partial charge in [0.15, 0.2) is 0 Å². The van der Waals surface area contributed by atoms with Crippen molar-refractivity contribution in [3.8, 4) is 0 Å². The Morgan fingerprint density at radius 2 is 1.93 bits per heavy atom. The van der Waals surface area contributed by atoms with Crippen LogP contribution in [0.5, 0.6) is 0 Å². The molecular weight excluding hydrogens is 416 g/mol. The molecule has 0 aliphatic carbocycles. The number of thioether (sulfide) groups is 1. The molecule has 0 radical (unpaired) electrons. The highest BCUT2D eigenvalue weighted by Gasteiger charge is 2.20. The fourth-order valence-electron chi connectivity index (χ4n) is 2.57. The largest absolute Gasteiger partial charge is 0.354 e. The normalized spacial score (nSPS) is 11.2. The van der Waals surface area contributed by atoms with Gasteiger partial charge in [0, 0.05) is 17.3 Å². The molecule has 1 amide bonds. The third-order valence-electron chi connectivity index (χ3n) is 3.98. The number of halogens is 1. The van der Waals surface area contributed by atoms with Crippen molar-refractivity contribution in [2.75, 3.05) is 29.4 Å². The Morgan fingerprint density at radius 3 is 2.61 bits per heavy atom. The molecule has 5 nitrogen and oxygen atoms in total. The van der Waals surface area contributed by atoms with Gasteiger partial charge in [-0.05, 0) is 48.4 Å². The van der Waals surface area contributed by atoms with Crippen molar-refractivity contribution in [1.29, 1.82) is 0 Å². The van der Waals surface area contributed by atoms with E-state index in [-0.39, 0.29) is 12.5 Å². The monoisotopic (exact) mass is 440 g/mol. The molecule has 2 aromatic rings. The van der Waals surface area contributed by atoms with Gasteiger partial charge in [-0.25, -0.2) is 8.42 Å². The summed E-state index contributed by atoms with van der Waals surface area (Å²) in [5.41, 5.74) is 2.52. The molecule has 0 saturated heterocycles. The second kappa shape index (κ2) is 10.7. The summed E-state index contributed by atoms with van der Waals surface area (Å²) in [4.78, 5) is 12.2. The number of carbonyl (C=O) groups is 1. The standard InChI is InChI=1S/C20H25ClN2O3S2/c1-16-7-5-9-18(13-16)23(28(2,25)26)14-20(24)22-11-6-12-27-15-17-8-3-4-10-19(17)21/h3-5,7-10,13H,6,11-12,14-15H2,1-2H3,(H,22,24). The Hall–Kier alpha value is -1.70. The van der Waals surface area contributed by atoms with Gasteiger partial charge in [0.1, 0.15) is 6.54 Å². The smallest absolute Gasteiger partial charge is 0.240 e. The molecule has 0 heterocycles. The highest BCUT2D eigenvalue weighted by atomic mass is 35.5. The van der Waals surface area contributed by atoms with Crippen LogP contribution in [0.2, 0.25) is 5.02 Å². The number of aryl methyl sites for hydroxylation is 1. The Bertz CT molecular complexity index is 904. The summed E-state index contributed by atoms with van der Waals surface area (Å²) >= 11 is 7.87. The lowest BCUT2D eigenvalue weighted by Gasteiger charge is -2.22. The number of hydrogen-bond acceptors (Lipinski definition) is 4. The first-order valence-electron chi connectivity index (χ1n) is 8.89. The molecule has 0 unspecified atom stereocenters. The van der Waals surface area contributed by atoms with Crippen molar-refractivity contribution in [3.05, 3.63) is 64.7 Å². The van der Waals surface area contributed by atoms with Gasteiger partial charge in [-0.3, -0.25) is 9.10 Å². The minimum Gasteiger partial charge on any atom is -0.354 e. The summed E-state index contributed by atoms with van der Waals surface area (Å²) in [5, 5.41) is 3.56. The average Bonchev–Trinajstić information content (AvgIpc) is 2.63. The number of nitrogens with zero attached hydrogens (tertiary/aromatic N) is 1. The van der Waals surface area contributed by atoms with Crippen LogP contribution in [0.3, 0.4) is 0 Å². The number of anilines is 1. The van der Waals surface area contributed by atoms with E-state index in [9.17, 15) is 13.2 Å². The summed E-state index contributed by atoms with van der Waals surface area (Å²) in [6.45, 7) is 2.15. The van der Waals surface area contributed by atoms with Gasteiger partial charge in [-0.15, -0.1) is 0 Å². The van der Waals surface area contributed by atoms with Crippen LogP contribution in [-0.4, -0.2) is 39.4 Å². The van der Waals surface area contributed by atoms with Crippen LogP contribution in [0.25, 0.3) is 0 Å². The fourth-order valence-corrected chi connectivity index (χ4v) is 4.66. The van der Waals surface area contributed by atoms with Crippen LogP contribution in [-0.2, 0) is 20.6 Å². The van der Waals surface area contributed by atoms with Gasteiger partial charge in [-0.1, -0.05) is 41.9 Å². The van der Waals surface area contributed by atoms with Gasteiger partial charge >= 0.3 is 0 Å². The number of sulfonamides is 1. The lowest BCUT2D eigenvalue weighted by molar-refractivity contribution is -0.119. The molecule has 0 fully saturated rings. The van der Waals surface area contributed by atoms with E-state index in [1.165, 1.54) is 0 Å². The van der Waals surface area contributed by atoms with Gasteiger partial charge in [0.25, 0.3) is 0 Å². The molecule has 0 atom stereocenters. The summed E-state index contributed by atoms with van der Waals surface area (Å²) in [6.07, 6.45) is 1.90. The second-order valence-corrected chi connectivity index (χ2v) is 9.88. The number of benzene rings is 2. The number of nitrogens with one attached hydrogen (secondary N) is 1. The number of hydrogen-bond donors (Lipinski definition) is 1. The molecule has 28 heavy (non-hydrogen) atoms. The minimum atomic E-state index is -3.55. The van der Waals surface area contributed by atoms with E-state index in [1.807, 2.05) is 37.3 Å². The zero-order chi connectivity index (χ0) is 20.6. The fraction of sp³-hybridized carbons (Fsp3) is 0.350. The molecule has 0 spiro atoms. The number of rotatable bonds is 10. The molecule has 0 aliphatic rings. The zero-order valence-electron chi connectivity index (χ0n) is 16.0. The van der Waals surface area contributed by atoms with Gasteiger partial charge < -0.3 is 5.32 Å². The van der Waals surface area contributed by atoms with Crippen molar-refractivity contribution in [1.82, 2.24) is 5.32 Å². The van der Waals surface area contributed by atoms with E-state index >= 15 is 0 Å². The Morgan fingerprint density at radius 1 is 1.18 bits per heavy atom.